The fourth-order valence-electron chi connectivity index (χ4n) is 2.34. The van der Waals surface area contributed by atoms with Crippen LogP contribution in [0.1, 0.15) is 19.4 Å². The smallest absolute Gasteiger partial charge is 0.321 e. The second-order valence-electron chi connectivity index (χ2n) is 5.49. The van der Waals surface area contributed by atoms with Crippen molar-refractivity contribution >= 4 is 11.7 Å². The van der Waals surface area contributed by atoms with Gasteiger partial charge in [0.05, 0.1) is 19.0 Å². The molecule has 0 spiro atoms. The van der Waals surface area contributed by atoms with E-state index in [-0.39, 0.29) is 12.1 Å². The molecular weight excluding hydrogens is 292 g/mol. The Balaban J connectivity index is 1.98. The van der Waals surface area contributed by atoms with Gasteiger partial charge in [0.1, 0.15) is 5.75 Å². The van der Waals surface area contributed by atoms with Gasteiger partial charge >= 0.3 is 6.03 Å². The molecule has 23 heavy (non-hydrogen) atoms. The van der Waals surface area contributed by atoms with Crippen LogP contribution in [0.2, 0.25) is 0 Å². The van der Waals surface area contributed by atoms with Crippen LogP contribution < -0.4 is 10.1 Å². The summed E-state index contributed by atoms with van der Waals surface area (Å²) in [5.74, 6) is 0.845. The molecule has 1 unspecified atom stereocenters. The number of carbonyl (C=O) groups excluding carboxylic acids is 1. The maximum Gasteiger partial charge on any atom is 0.321 e. The molecule has 1 heterocycles. The van der Waals surface area contributed by atoms with E-state index in [2.05, 4.69) is 10.4 Å². The van der Waals surface area contributed by atoms with Crippen molar-refractivity contribution in [3.05, 3.63) is 42.2 Å². The molecule has 0 radical (unpaired) electrons. The number of nitrogens with one attached hydrogen (secondary N) is 1. The van der Waals surface area contributed by atoms with Gasteiger partial charge in [0.2, 0.25) is 0 Å². The molecule has 2 rings (SSSR count). The Morgan fingerprint density at radius 2 is 2.17 bits per heavy atom. The van der Waals surface area contributed by atoms with Crippen LogP contribution in [0.5, 0.6) is 5.75 Å². The summed E-state index contributed by atoms with van der Waals surface area (Å²) in [6.45, 7) is 4.79. The topological polar surface area (TPSA) is 59.4 Å². The monoisotopic (exact) mass is 316 g/mol. The van der Waals surface area contributed by atoms with Gasteiger partial charge in [-0.05, 0) is 31.9 Å². The number of carbonyl (C=O) groups is 1. The Labute approximate surface area is 137 Å². The van der Waals surface area contributed by atoms with E-state index >= 15 is 0 Å². The molecule has 0 aliphatic rings. The number of likely N-dealkylation sites (N-methyl/N-ethyl adjacent to an activating group) is 1. The van der Waals surface area contributed by atoms with Gasteiger partial charge in [-0.15, -0.1) is 0 Å². The Kier molecular flexibility index (Phi) is 5.62. The first kappa shape index (κ1) is 16.9. The molecule has 6 heteroatoms. The molecule has 1 aromatic carbocycles. The van der Waals surface area contributed by atoms with Gasteiger partial charge in [-0.25, -0.2) is 4.79 Å². The van der Waals surface area contributed by atoms with E-state index in [0.717, 1.165) is 24.3 Å². The van der Waals surface area contributed by atoms with Crippen LogP contribution in [-0.4, -0.2) is 40.9 Å². The summed E-state index contributed by atoms with van der Waals surface area (Å²) < 4.78 is 7.14. The summed E-state index contributed by atoms with van der Waals surface area (Å²) in [5.41, 5.74) is 1.79. The molecule has 1 N–H and O–H groups in total. The number of amides is 2. The van der Waals surface area contributed by atoms with E-state index in [9.17, 15) is 4.79 Å². The van der Waals surface area contributed by atoms with Gasteiger partial charge in [0.15, 0.2) is 0 Å². The molecule has 2 amide bonds. The van der Waals surface area contributed by atoms with Crippen molar-refractivity contribution in [1.82, 2.24) is 14.7 Å². The third kappa shape index (κ3) is 4.25. The molecule has 0 aliphatic heterocycles. The SMILES string of the molecule is CCn1cc(NC(=O)N(C)C(C)Cc2ccccc2OC)cn1. The summed E-state index contributed by atoms with van der Waals surface area (Å²) >= 11 is 0. The van der Waals surface area contributed by atoms with Crippen LogP contribution in [0.25, 0.3) is 0 Å². The highest BCUT2D eigenvalue weighted by atomic mass is 16.5. The maximum atomic E-state index is 12.3. The quantitative estimate of drug-likeness (QED) is 0.891. The number of aryl methyl sites for hydroxylation is 1. The van der Waals surface area contributed by atoms with Crippen molar-refractivity contribution in [1.29, 1.82) is 0 Å². The Hall–Kier alpha value is -2.50. The number of nitrogens with zero attached hydrogens (tertiary/aromatic N) is 3. The molecule has 0 bridgehead atoms. The summed E-state index contributed by atoms with van der Waals surface area (Å²) in [6, 6.07) is 7.75. The Bertz CT molecular complexity index is 654. The zero-order chi connectivity index (χ0) is 16.8. The van der Waals surface area contributed by atoms with Crippen LogP contribution >= 0.6 is 0 Å². The number of benzene rings is 1. The van der Waals surface area contributed by atoms with Crippen LogP contribution in [0.4, 0.5) is 10.5 Å². The Morgan fingerprint density at radius 3 is 2.83 bits per heavy atom. The number of methoxy groups -OCH3 is 1. The summed E-state index contributed by atoms with van der Waals surface area (Å²) in [5, 5.41) is 7.01. The highest BCUT2D eigenvalue weighted by Gasteiger charge is 2.18. The van der Waals surface area contributed by atoms with Gasteiger partial charge in [-0.1, -0.05) is 18.2 Å². The molecule has 1 atom stereocenters. The first-order valence-electron chi connectivity index (χ1n) is 7.73. The average Bonchev–Trinajstić information content (AvgIpc) is 3.02. The van der Waals surface area contributed by atoms with Crippen molar-refractivity contribution in [2.75, 3.05) is 19.5 Å². The molecule has 0 saturated carbocycles. The predicted molar refractivity (Wildman–Crippen MR) is 90.8 cm³/mol. The van der Waals surface area contributed by atoms with Gasteiger partial charge in [-0.2, -0.15) is 5.10 Å². The maximum absolute atomic E-state index is 12.3. The Morgan fingerprint density at radius 1 is 1.43 bits per heavy atom. The summed E-state index contributed by atoms with van der Waals surface area (Å²) in [4.78, 5) is 14.0. The van der Waals surface area contributed by atoms with E-state index in [1.807, 2.05) is 44.3 Å². The van der Waals surface area contributed by atoms with E-state index in [1.165, 1.54) is 0 Å². The predicted octanol–water partition coefficient (Wildman–Crippen LogP) is 3.01. The van der Waals surface area contributed by atoms with Gasteiger partial charge in [-0.3, -0.25) is 4.68 Å². The highest BCUT2D eigenvalue weighted by molar-refractivity contribution is 5.89. The van der Waals surface area contributed by atoms with Crippen molar-refractivity contribution in [3.63, 3.8) is 0 Å². The summed E-state index contributed by atoms with van der Waals surface area (Å²) in [6.07, 6.45) is 4.19. The van der Waals surface area contributed by atoms with E-state index in [1.54, 1.807) is 29.9 Å². The third-order valence-electron chi connectivity index (χ3n) is 3.90. The number of urea groups is 1. The number of hydrogen-bond donors (Lipinski definition) is 1. The number of aromatic nitrogens is 2. The van der Waals surface area contributed by atoms with Crippen LogP contribution in [0, 0.1) is 0 Å². The van der Waals surface area contributed by atoms with Gasteiger partial charge < -0.3 is 15.0 Å². The lowest BCUT2D eigenvalue weighted by Gasteiger charge is -2.25. The second-order valence-corrected chi connectivity index (χ2v) is 5.49. The van der Waals surface area contributed by atoms with E-state index in [0.29, 0.717) is 5.69 Å². The van der Waals surface area contributed by atoms with Gasteiger partial charge in [0.25, 0.3) is 0 Å². The van der Waals surface area contributed by atoms with Crippen LogP contribution in [0.3, 0.4) is 0 Å². The number of rotatable bonds is 6. The van der Waals surface area contributed by atoms with Crippen molar-refractivity contribution in [2.45, 2.75) is 32.9 Å². The minimum atomic E-state index is -0.150. The number of hydrogen-bond acceptors (Lipinski definition) is 3. The lowest BCUT2D eigenvalue weighted by Crippen LogP contribution is -2.39. The first-order chi connectivity index (χ1) is 11.0. The van der Waals surface area contributed by atoms with Gasteiger partial charge in [0, 0.05) is 25.8 Å². The molecule has 124 valence electrons. The fourth-order valence-corrected chi connectivity index (χ4v) is 2.34. The first-order valence-corrected chi connectivity index (χ1v) is 7.73. The molecule has 0 fully saturated rings. The highest BCUT2D eigenvalue weighted by Crippen LogP contribution is 2.20. The second kappa shape index (κ2) is 7.67. The van der Waals surface area contributed by atoms with Crippen molar-refractivity contribution < 1.29 is 9.53 Å². The largest absolute Gasteiger partial charge is 0.496 e. The number of ether oxygens (including phenoxy) is 1. The van der Waals surface area contributed by atoms with Crippen LogP contribution in [-0.2, 0) is 13.0 Å². The molecule has 2 aromatic rings. The average molecular weight is 316 g/mol. The molecule has 6 nitrogen and oxygen atoms in total. The van der Waals surface area contributed by atoms with E-state index in [4.69, 9.17) is 4.74 Å². The normalized spacial score (nSPS) is 11.8. The number of anilines is 1. The zero-order valence-corrected chi connectivity index (χ0v) is 14.1. The molecule has 1 aromatic heterocycles. The fraction of sp³-hybridized carbons (Fsp3) is 0.412. The summed E-state index contributed by atoms with van der Waals surface area (Å²) in [7, 11) is 3.45. The van der Waals surface area contributed by atoms with Crippen LogP contribution in [0.15, 0.2) is 36.7 Å². The van der Waals surface area contributed by atoms with Crippen molar-refractivity contribution in [3.8, 4) is 5.75 Å². The lowest BCUT2D eigenvalue weighted by atomic mass is 10.1. The van der Waals surface area contributed by atoms with E-state index < -0.39 is 0 Å². The number of para-hydroxylation sites is 1. The minimum Gasteiger partial charge on any atom is -0.496 e. The zero-order valence-electron chi connectivity index (χ0n) is 14.1. The van der Waals surface area contributed by atoms with Crippen molar-refractivity contribution in [2.24, 2.45) is 0 Å². The third-order valence-corrected chi connectivity index (χ3v) is 3.90. The molecule has 0 saturated heterocycles. The molecule has 0 aliphatic carbocycles. The molecular formula is C17H24N4O2. The lowest BCUT2D eigenvalue weighted by molar-refractivity contribution is 0.207. The minimum absolute atomic E-state index is 0.0347. The standard InChI is InChI=1S/C17H24N4O2/c1-5-21-12-15(11-18-21)19-17(22)20(3)13(2)10-14-8-6-7-9-16(14)23-4/h6-9,11-13H,5,10H2,1-4H3,(H,19,22).